The summed E-state index contributed by atoms with van der Waals surface area (Å²) in [4.78, 5) is 19.6. The Morgan fingerprint density at radius 3 is 2.44 bits per heavy atom. The quantitative estimate of drug-likeness (QED) is 0.809. The maximum Gasteiger partial charge on any atom is 0.272 e. The summed E-state index contributed by atoms with van der Waals surface area (Å²) in [5, 5.41) is 0. The van der Waals surface area contributed by atoms with Crippen molar-refractivity contribution in [3.63, 3.8) is 0 Å². The lowest BCUT2D eigenvalue weighted by Crippen LogP contribution is -2.24. The molecule has 5 heteroatoms. The normalized spacial score (nSPS) is 14.2. The molecule has 1 saturated carbocycles. The summed E-state index contributed by atoms with van der Waals surface area (Å²) in [6, 6.07) is 3.55. The van der Waals surface area contributed by atoms with Crippen molar-refractivity contribution in [3.8, 4) is 5.75 Å². The van der Waals surface area contributed by atoms with Gasteiger partial charge >= 0.3 is 0 Å². The van der Waals surface area contributed by atoms with E-state index >= 15 is 0 Å². The molecule has 0 spiro atoms. The molecule has 0 aliphatic heterocycles. The highest BCUT2D eigenvalue weighted by atomic mass is 16.5. The average molecular weight is 249 g/mol. The number of carbonyl (C=O) groups is 1. The number of hydrogen-bond acceptors (Lipinski definition) is 4. The number of amides is 1. The van der Waals surface area contributed by atoms with Gasteiger partial charge in [0.25, 0.3) is 5.91 Å². The SMILES string of the molecule is CN(C)C(=O)c1ccc(OC2CC2)c(N(C)C)n1. The smallest absolute Gasteiger partial charge is 0.272 e. The first-order valence-corrected chi connectivity index (χ1v) is 6.05. The number of pyridine rings is 1. The van der Waals surface area contributed by atoms with Gasteiger partial charge in [-0.25, -0.2) is 4.98 Å². The van der Waals surface area contributed by atoms with Crippen molar-refractivity contribution in [2.75, 3.05) is 33.1 Å². The summed E-state index contributed by atoms with van der Waals surface area (Å²) in [7, 11) is 7.22. The van der Waals surface area contributed by atoms with Crippen LogP contribution in [0, 0.1) is 0 Å². The molecular formula is C13H19N3O2. The fourth-order valence-corrected chi connectivity index (χ4v) is 1.56. The van der Waals surface area contributed by atoms with E-state index < -0.39 is 0 Å². The molecule has 1 heterocycles. The molecule has 5 nitrogen and oxygen atoms in total. The Kier molecular flexibility index (Phi) is 3.41. The molecular weight excluding hydrogens is 230 g/mol. The Labute approximate surface area is 107 Å². The zero-order valence-electron chi connectivity index (χ0n) is 11.3. The van der Waals surface area contributed by atoms with E-state index in [0.29, 0.717) is 17.6 Å². The van der Waals surface area contributed by atoms with Crippen molar-refractivity contribution >= 4 is 11.7 Å². The molecule has 1 aliphatic carbocycles. The molecule has 98 valence electrons. The van der Waals surface area contributed by atoms with Gasteiger partial charge in [-0.2, -0.15) is 0 Å². The van der Waals surface area contributed by atoms with Crippen LogP contribution in [-0.2, 0) is 0 Å². The second kappa shape index (κ2) is 4.84. The zero-order valence-corrected chi connectivity index (χ0v) is 11.3. The Morgan fingerprint density at radius 2 is 1.94 bits per heavy atom. The molecule has 2 rings (SSSR count). The molecule has 0 atom stereocenters. The van der Waals surface area contributed by atoms with Crippen molar-refractivity contribution in [3.05, 3.63) is 17.8 Å². The summed E-state index contributed by atoms with van der Waals surface area (Å²) >= 11 is 0. The summed E-state index contributed by atoms with van der Waals surface area (Å²) < 4.78 is 5.78. The van der Waals surface area contributed by atoms with E-state index in [2.05, 4.69) is 4.98 Å². The third kappa shape index (κ3) is 2.72. The highest BCUT2D eigenvalue weighted by molar-refractivity contribution is 5.92. The highest BCUT2D eigenvalue weighted by Gasteiger charge is 2.26. The standard InChI is InChI=1S/C13H19N3O2/c1-15(2)12-11(18-9-5-6-9)8-7-10(14-12)13(17)16(3)4/h7-9H,5-6H2,1-4H3. The minimum Gasteiger partial charge on any atom is -0.487 e. The van der Waals surface area contributed by atoms with Gasteiger partial charge in [-0.1, -0.05) is 0 Å². The van der Waals surface area contributed by atoms with Crippen molar-refractivity contribution < 1.29 is 9.53 Å². The van der Waals surface area contributed by atoms with Gasteiger partial charge in [0.15, 0.2) is 11.6 Å². The lowest BCUT2D eigenvalue weighted by Gasteiger charge is -2.18. The largest absolute Gasteiger partial charge is 0.487 e. The summed E-state index contributed by atoms with van der Waals surface area (Å²) in [6.45, 7) is 0. The third-order valence-corrected chi connectivity index (χ3v) is 2.71. The molecule has 0 unspecified atom stereocenters. The lowest BCUT2D eigenvalue weighted by molar-refractivity contribution is 0.0822. The van der Waals surface area contributed by atoms with Gasteiger partial charge in [-0.3, -0.25) is 4.79 Å². The van der Waals surface area contributed by atoms with Gasteiger partial charge in [-0.05, 0) is 25.0 Å². The Bertz CT molecular complexity index is 454. The van der Waals surface area contributed by atoms with Gasteiger partial charge in [0.05, 0.1) is 6.10 Å². The third-order valence-electron chi connectivity index (χ3n) is 2.71. The number of nitrogens with zero attached hydrogens (tertiary/aromatic N) is 3. The van der Waals surface area contributed by atoms with Crippen LogP contribution in [0.15, 0.2) is 12.1 Å². The van der Waals surface area contributed by atoms with Crippen LogP contribution in [0.1, 0.15) is 23.3 Å². The predicted octanol–water partition coefficient (Wildman–Crippen LogP) is 1.39. The fraction of sp³-hybridized carbons (Fsp3) is 0.538. The first kappa shape index (κ1) is 12.7. The Hall–Kier alpha value is -1.78. The molecule has 0 saturated heterocycles. The monoisotopic (exact) mass is 249 g/mol. The number of ether oxygens (including phenoxy) is 1. The van der Waals surface area contributed by atoms with Gasteiger partial charge in [-0.15, -0.1) is 0 Å². The summed E-state index contributed by atoms with van der Waals surface area (Å²) in [5.41, 5.74) is 0.437. The van der Waals surface area contributed by atoms with Crippen LogP contribution in [0.3, 0.4) is 0 Å². The number of anilines is 1. The summed E-state index contributed by atoms with van der Waals surface area (Å²) in [5.74, 6) is 1.35. The van der Waals surface area contributed by atoms with E-state index in [1.54, 1.807) is 20.2 Å². The maximum atomic E-state index is 11.9. The van der Waals surface area contributed by atoms with Gasteiger partial charge in [0.1, 0.15) is 5.69 Å². The second-order valence-electron chi connectivity index (χ2n) is 4.93. The molecule has 1 aromatic heterocycles. The topological polar surface area (TPSA) is 45.7 Å². The predicted molar refractivity (Wildman–Crippen MR) is 70.2 cm³/mol. The molecule has 0 bridgehead atoms. The van der Waals surface area contributed by atoms with Crippen molar-refractivity contribution in [2.45, 2.75) is 18.9 Å². The van der Waals surface area contributed by atoms with Crippen LogP contribution < -0.4 is 9.64 Å². The second-order valence-corrected chi connectivity index (χ2v) is 4.93. The maximum absolute atomic E-state index is 11.9. The van der Waals surface area contributed by atoms with Crippen molar-refractivity contribution in [1.29, 1.82) is 0 Å². The first-order chi connectivity index (χ1) is 8.49. The first-order valence-electron chi connectivity index (χ1n) is 6.05. The van der Waals surface area contributed by atoms with E-state index in [-0.39, 0.29) is 5.91 Å². The van der Waals surface area contributed by atoms with Crippen molar-refractivity contribution in [2.24, 2.45) is 0 Å². The molecule has 18 heavy (non-hydrogen) atoms. The van der Waals surface area contributed by atoms with E-state index in [0.717, 1.165) is 18.6 Å². The Morgan fingerprint density at radius 1 is 1.28 bits per heavy atom. The minimum atomic E-state index is -0.101. The van der Waals surface area contributed by atoms with Crippen molar-refractivity contribution in [1.82, 2.24) is 9.88 Å². The van der Waals surface area contributed by atoms with E-state index in [9.17, 15) is 4.79 Å². The molecule has 1 aliphatic rings. The van der Waals surface area contributed by atoms with Gasteiger partial charge in [0, 0.05) is 28.2 Å². The number of rotatable bonds is 4. The van der Waals surface area contributed by atoms with Gasteiger partial charge in [0.2, 0.25) is 0 Å². The molecule has 0 aromatic carbocycles. The highest BCUT2D eigenvalue weighted by Crippen LogP contribution is 2.32. The van der Waals surface area contributed by atoms with Crippen LogP contribution in [0.2, 0.25) is 0 Å². The Balaban J connectivity index is 2.29. The number of hydrogen-bond donors (Lipinski definition) is 0. The molecule has 1 aromatic rings. The fourth-order valence-electron chi connectivity index (χ4n) is 1.56. The molecule has 1 fully saturated rings. The van der Waals surface area contributed by atoms with Crippen LogP contribution in [-0.4, -0.2) is 50.1 Å². The number of carbonyl (C=O) groups excluding carboxylic acids is 1. The molecule has 1 amide bonds. The zero-order chi connectivity index (χ0) is 13.3. The molecule has 0 N–H and O–H groups in total. The average Bonchev–Trinajstić information content (AvgIpc) is 3.12. The number of aromatic nitrogens is 1. The van der Waals surface area contributed by atoms with Crippen LogP contribution in [0.4, 0.5) is 5.82 Å². The van der Waals surface area contributed by atoms with E-state index in [1.165, 1.54) is 4.90 Å². The van der Waals surface area contributed by atoms with Gasteiger partial charge < -0.3 is 14.5 Å². The van der Waals surface area contributed by atoms with Crippen LogP contribution >= 0.6 is 0 Å². The molecule has 0 radical (unpaired) electrons. The van der Waals surface area contributed by atoms with E-state index in [1.807, 2.05) is 25.1 Å². The lowest BCUT2D eigenvalue weighted by atomic mass is 10.3. The van der Waals surface area contributed by atoms with Crippen LogP contribution in [0.5, 0.6) is 5.75 Å². The minimum absolute atomic E-state index is 0.101. The van der Waals surface area contributed by atoms with E-state index in [4.69, 9.17) is 4.74 Å². The van der Waals surface area contributed by atoms with Crippen LogP contribution in [0.25, 0.3) is 0 Å². The summed E-state index contributed by atoms with van der Waals surface area (Å²) in [6.07, 6.45) is 2.53.